The van der Waals surface area contributed by atoms with Crippen molar-refractivity contribution in [2.24, 2.45) is 0 Å². The zero-order valence-electron chi connectivity index (χ0n) is 10.4. The minimum absolute atomic E-state index is 0.0969. The van der Waals surface area contributed by atoms with Crippen molar-refractivity contribution in [1.82, 2.24) is 0 Å². The van der Waals surface area contributed by atoms with E-state index in [0.29, 0.717) is 20.3 Å². The summed E-state index contributed by atoms with van der Waals surface area (Å²) in [4.78, 5) is 23.6. The molecule has 0 radical (unpaired) electrons. The zero-order valence-corrected chi connectivity index (χ0v) is 12.5. The van der Waals surface area contributed by atoms with Gasteiger partial charge in [0.2, 0.25) is 5.76 Å². The van der Waals surface area contributed by atoms with Crippen molar-refractivity contribution in [3.8, 4) is 5.75 Å². The Hall–Kier alpha value is -1.57. The average Bonchev–Trinajstić information content (AvgIpc) is 2.38. The summed E-state index contributed by atoms with van der Waals surface area (Å²) in [6.07, 6.45) is 0. The highest BCUT2D eigenvalue weighted by atomic mass is 127. The van der Waals surface area contributed by atoms with Crippen LogP contribution in [0, 0.1) is 3.57 Å². The summed E-state index contributed by atoms with van der Waals surface area (Å²) in [7, 11) is 1.53. The number of carbonyl (C=O) groups excluding carboxylic acids is 1. The smallest absolute Gasteiger partial charge is 0.374 e. The quantitative estimate of drug-likeness (QED) is 0.611. The van der Waals surface area contributed by atoms with Gasteiger partial charge in [0, 0.05) is 6.07 Å². The van der Waals surface area contributed by atoms with E-state index >= 15 is 0 Å². The van der Waals surface area contributed by atoms with Crippen molar-refractivity contribution in [1.29, 1.82) is 0 Å². The lowest BCUT2D eigenvalue weighted by Gasteiger charge is -2.07. The summed E-state index contributed by atoms with van der Waals surface area (Å²) in [6.45, 7) is 1.91. The van der Waals surface area contributed by atoms with Crippen molar-refractivity contribution in [3.63, 3.8) is 0 Å². The van der Waals surface area contributed by atoms with Crippen LogP contribution in [0.4, 0.5) is 0 Å². The van der Waals surface area contributed by atoms with Gasteiger partial charge in [0.1, 0.15) is 11.3 Å². The summed E-state index contributed by atoms with van der Waals surface area (Å²) in [5, 5.41) is 0.396. The number of halogens is 1. The zero-order chi connectivity index (χ0) is 14.0. The van der Waals surface area contributed by atoms with Gasteiger partial charge >= 0.3 is 5.97 Å². The fourth-order valence-corrected chi connectivity index (χ4v) is 2.59. The van der Waals surface area contributed by atoms with Crippen LogP contribution in [-0.2, 0) is 4.74 Å². The lowest BCUT2D eigenvalue weighted by atomic mass is 10.2. The molecule has 19 heavy (non-hydrogen) atoms. The molecule has 0 atom stereocenters. The number of rotatable bonds is 3. The molecule has 6 heteroatoms. The van der Waals surface area contributed by atoms with Gasteiger partial charge in [0.05, 0.1) is 22.7 Å². The Morgan fingerprint density at radius 1 is 1.42 bits per heavy atom. The second kappa shape index (κ2) is 5.60. The van der Waals surface area contributed by atoms with E-state index in [0.717, 1.165) is 6.07 Å². The standard InChI is InChI=1S/C13H11IO5/c1-3-18-13(16)10-6-7(15)11-8(19-10)4-5-9(17-2)12(11)14/h4-6H,3H2,1-2H3. The number of fused-ring (bicyclic) bond motifs is 1. The fraction of sp³-hybridized carbons (Fsp3) is 0.231. The highest BCUT2D eigenvalue weighted by Gasteiger charge is 2.16. The monoisotopic (exact) mass is 374 g/mol. The molecule has 0 amide bonds. The first-order valence-corrected chi connectivity index (χ1v) is 6.63. The maximum Gasteiger partial charge on any atom is 0.374 e. The third-order valence-corrected chi connectivity index (χ3v) is 3.56. The van der Waals surface area contributed by atoms with Gasteiger partial charge < -0.3 is 13.9 Å². The minimum Gasteiger partial charge on any atom is -0.496 e. The molecule has 1 heterocycles. The molecule has 0 aliphatic rings. The molecule has 1 aromatic heterocycles. The van der Waals surface area contributed by atoms with Gasteiger partial charge in [-0.25, -0.2) is 4.79 Å². The van der Waals surface area contributed by atoms with Crippen LogP contribution in [0.15, 0.2) is 27.4 Å². The number of hydrogen-bond donors (Lipinski definition) is 0. The SMILES string of the molecule is CCOC(=O)c1cc(=O)c2c(I)c(OC)ccc2o1. The van der Waals surface area contributed by atoms with Gasteiger partial charge in [-0.1, -0.05) is 0 Å². The van der Waals surface area contributed by atoms with Gasteiger partial charge in [0.25, 0.3) is 0 Å². The van der Waals surface area contributed by atoms with Crippen LogP contribution in [0.25, 0.3) is 11.0 Å². The van der Waals surface area contributed by atoms with E-state index in [4.69, 9.17) is 13.9 Å². The van der Waals surface area contributed by atoms with Crippen molar-refractivity contribution in [3.05, 3.63) is 37.8 Å². The molecule has 0 aliphatic heterocycles. The Balaban J connectivity index is 2.66. The molecule has 0 unspecified atom stereocenters. The molecular weight excluding hydrogens is 363 g/mol. The van der Waals surface area contributed by atoms with Gasteiger partial charge in [-0.15, -0.1) is 0 Å². The van der Waals surface area contributed by atoms with Crippen LogP contribution in [0.3, 0.4) is 0 Å². The lowest BCUT2D eigenvalue weighted by molar-refractivity contribution is 0.0490. The highest BCUT2D eigenvalue weighted by molar-refractivity contribution is 14.1. The first kappa shape index (κ1) is 13.9. The van der Waals surface area contributed by atoms with Crippen LogP contribution in [0.5, 0.6) is 5.75 Å². The van der Waals surface area contributed by atoms with Crippen molar-refractivity contribution in [2.75, 3.05) is 13.7 Å². The number of esters is 1. The highest BCUT2D eigenvalue weighted by Crippen LogP contribution is 2.27. The molecule has 100 valence electrons. The Bertz CT molecular complexity index is 689. The first-order valence-electron chi connectivity index (χ1n) is 5.56. The third kappa shape index (κ3) is 2.58. The number of hydrogen-bond acceptors (Lipinski definition) is 5. The molecule has 0 spiro atoms. The van der Waals surface area contributed by atoms with E-state index in [2.05, 4.69) is 0 Å². The van der Waals surface area contributed by atoms with Crippen LogP contribution in [-0.4, -0.2) is 19.7 Å². The van der Waals surface area contributed by atoms with Crippen LogP contribution >= 0.6 is 22.6 Å². The molecule has 0 N–H and O–H groups in total. The van der Waals surface area contributed by atoms with E-state index < -0.39 is 5.97 Å². The van der Waals surface area contributed by atoms with Crippen molar-refractivity contribution < 1.29 is 18.7 Å². The molecule has 1 aromatic carbocycles. The maximum absolute atomic E-state index is 12.1. The van der Waals surface area contributed by atoms with Crippen molar-refractivity contribution >= 4 is 39.5 Å². The normalized spacial score (nSPS) is 10.5. The Morgan fingerprint density at radius 2 is 2.16 bits per heavy atom. The molecule has 0 fully saturated rings. The van der Waals surface area contributed by atoms with E-state index in [-0.39, 0.29) is 17.8 Å². The predicted octanol–water partition coefficient (Wildman–Crippen LogP) is 2.58. The number of ether oxygens (including phenoxy) is 2. The summed E-state index contributed by atoms with van der Waals surface area (Å²) in [5.41, 5.74) is 0.0355. The summed E-state index contributed by atoms with van der Waals surface area (Å²) >= 11 is 2.01. The van der Waals surface area contributed by atoms with Gasteiger partial charge in [0.15, 0.2) is 5.43 Å². The molecule has 0 saturated heterocycles. The van der Waals surface area contributed by atoms with Crippen LogP contribution in [0.2, 0.25) is 0 Å². The summed E-state index contributed by atoms with van der Waals surface area (Å²) in [6, 6.07) is 4.42. The molecule has 0 saturated carbocycles. The largest absolute Gasteiger partial charge is 0.496 e. The van der Waals surface area contributed by atoms with Gasteiger partial charge in [-0.2, -0.15) is 0 Å². The van der Waals surface area contributed by atoms with Gasteiger partial charge in [-0.05, 0) is 41.6 Å². The van der Waals surface area contributed by atoms with E-state index in [1.54, 1.807) is 19.1 Å². The first-order chi connectivity index (χ1) is 9.08. The van der Waals surface area contributed by atoms with Crippen LogP contribution in [0.1, 0.15) is 17.5 Å². The predicted molar refractivity (Wildman–Crippen MR) is 77.7 cm³/mol. The molecule has 0 bridgehead atoms. The Morgan fingerprint density at radius 3 is 2.79 bits per heavy atom. The molecule has 0 aliphatic carbocycles. The molecule has 2 aromatic rings. The minimum atomic E-state index is -0.646. The Kier molecular flexibility index (Phi) is 4.08. The van der Waals surface area contributed by atoms with E-state index in [1.807, 2.05) is 22.6 Å². The molecule has 2 rings (SSSR count). The third-order valence-electron chi connectivity index (χ3n) is 2.49. The number of carbonyl (C=O) groups is 1. The van der Waals surface area contributed by atoms with Crippen LogP contribution < -0.4 is 10.2 Å². The second-order valence-corrected chi connectivity index (χ2v) is 4.73. The number of methoxy groups -OCH3 is 1. The fourth-order valence-electron chi connectivity index (χ4n) is 1.65. The van der Waals surface area contributed by atoms with E-state index in [9.17, 15) is 9.59 Å². The molecule has 5 nitrogen and oxygen atoms in total. The van der Waals surface area contributed by atoms with E-state index in [1.165, 1.54) is 7.11 Å². The summed E-state index contributed by atoms with van der Waals surface area (Å²) < 4.78 is 16.0. The topological polar surface area (TPSA) is 65.7 Å². The van der Waals surface area contributed by atoms with Crippen molar-refractivity contribution in [2.45, 2.75) is 6.92 Å². The Labute approximate surface area is 122 Å². The van der Waals surface area contributed by atoms with Gasteiger partial charge in [-0.3, -0.25) is 4.79 Å². The maximum atomic E-state index is 12.1. The summed E-state index contributed by atoms with van der Waals surface area (Å²) in [5.74, 6) is -0.156. The number of benzene rings is 1. The average molecular weight is 374 g/mol. The lowest BCUT2D eigenvalue weighted by Crippen LogP contribution is -2.11. The second-order valence-electron chi connectivity index (χ2n) is 3.65. The molecular formula is C13H11IO5.